The summed E-state index contributed by atoms with van der Waals surface area (Å²) in [6, 6.07) is 14.9. The molecule has 3 aromatic rings. The van der Waals surface area contributed by atoms with Crippen LogP contribution in [-0.4, -0.2) is 65.8 Å². The van der Waals surface area contributed by atoms with E-state index in [1.165, 1.54) is 21.6 Å². The Morgan fingerprint density at radius 3 is 2.41 bits per heavy atom. The maximum atomic E-state index is 13.4. The summed E-state index contributed by atoms with van der Waals surface area (Å²) in [6.07, 6.45) is 2.28. The molecule has 2 aromatic heterocycles. The van der Waals surface area contributed by atoms with Crippen LogP contribution in [0.1, 0.15) is 38.9 Å². The summed E-state index contributed by atoms with van der Waals surface area (Å²) in [5.41, 5.74) is 3.90. The van der Waals surface area contributed by atoms with Gasteiger partial charge in [-0.15, -0.1) is 22.7 Å². The Labute approximate surface area is 209 Å². The van der Waals surface area contributed by atoms with Crippen LogP contribution >= 0.6 is 22.7 Å². The van der Waals surface area contributed by atoms with Crippen LogP contribution in [0.25, 0.3) is 0 Å². The molecule has 0 radical (unpaired) electrons. The summed E-state index contributed by atoms with van der Waals surface area (Å²) in [7, 11) is 0. The van der Waals surface area contributed by atoms with Gasteiger partial charge in [0.05, 0.1) is 19.0 Å². The van der Waals surface area contributed by atoms with E-state index in [2.05, 4.69) is 47.5 Å². The van der Waals surface area contributed by atoms with E-state index in [0.717, 1.165) is 30.8 Å². The highest BCUT2D eigenvalue weighted by atomic mass is 32.1. The molecule has 2 amide bonds. The predicted molar refractivity (Wildman–Crippen MR) is 138 cm³/mol. The lowest BCUT2D eigenvalue weighted by Gasteiger charge is -2.37. The highest BCUT2D eigenvalue weighted by Gasteiger charge is 2.33. The minimum Gasteiger partial charge on any atom is -0.341 e. The summed E-state index contributed by atoms with van der Waals surface area (Å²) in [4.78, 5) is 35.0. The van der Waals surface area contributed by atoms with Crippen LogP contribution in [0, 0.1) is 6.92 Å². The molecule has 1 fully saturated rings. The quantitative estimate of drug-likeness (QED) is 0.530. The largest absolute Gasteiger partial charge is 0.341 e. The third kappa shape index (κ3) is 4.97. The zero-order valence-electron chi connectivity index (χ0n) is 19.6. The van der Waals surface area contributed by atoms with Gasteiger partial charge in [-0.2, -0.15) is 0 Å². The fourth-order valence-electron chi connectivity index (χ4n) is 5.16. The molecule has 7 heteroatoms. The van der Waals surface area contributed by atoms with Gasteiger partial charge in [-0.05, 0) is 59.3 Å². The van der Waals surface area contributed by atoms with Crippen molar-refractivity contribution in [3.05, 3.63) is 79.7 Å². The predicted octanol–water partition coefficient (Wildman–Crippen LogP) is 4.37. The van der Waals surface area contributed by atoms with Crippen LogP contribution < -0.4 is 0 Å². The van der Waals surface area contributed by atoms with Crippen LogP contribution in [0.4, 0.5) is 0 Å². The van der Waals surface area contributed by atoms with Crippen molar-refractivity contribution < 1.29 is 9.59 Å². The van der Waals surface area contributed by atoms with Crippen LogP contribution in [-0.2, 0) is 22.4 Å². The number of fused-ring (bicyclic) bond motifs is 1. The van der Waals surface area contributed by atoms with Gasteiger partial charge in [0.25, 0.3) is 0 Å². The van der Waals surface area contributed by atoms with E-state index in [0.29, 0.717) is 32.6 Å². The number of hydrogen-bond acceptors (Lipinski definition) is 5. The average molecular weight is 494 g/mol. The normalized spacial score (nSPS) is 19.0. The molecule has 1 aromatic carbocycles. The second-order valence-electron chi connectivity index (χ2n) is 9.15. The van der Waals surface area contributed by atoms with Gasteiger partial charge in [0.15, 0.2) is 0 Å². The SMILES string of the molecule is Cc1ccccc1C1c2ccsc2CCN1CC(=O)N1CCCN(C(=O)Cc2cccs2)CC1. The number of nitrogens with zero attached hydrogens (tertiary/aromatic N) is 3. The molecule has 34 heavy (non-hydrogen) atoms. The van der Waals surface area contributed by atoms with Crippen molar-refractivity contribution in [2.75, 3.05) is 39.3 Å². The van der Waals surface area contributed by atoms with E-state index in [1.54, 1.807) is 11.3 Å². The van der Waals surface area contributed by atoms with Crippen LogP contribution in [0.3, 0.4) is 0 Å². The van der Waals surface area contributed by atoms with Crippen molar-refractivity contribution in [3.63, 3.8) is 0 Å². The fourth-order valence-corrected chi connectivity index (χ4v) is 6.76. The molecule has 178 valence electrons. The third-order valence-electron chi connectivity index (χ3n) is 6.99. The monoisotopic (exact) mass is 493 g/mol. The van der Waals surface area contributed by atoms with Crippen molar-refractivity contribution in [2.45, 2.75) is 32.2 Å². The van der Waals surface area contributed by atoms with Gasteiger partial charge >= 0.3 is 0 Å². The first-order chi connectivity index (χ1) is 16.6. The first-order valence-corrected chi connectivity index (χ1v) is 13.8. The van der Waals surface area contributed by atoms with E-state index in [9.17, 15) is 9.59 Å². The van der Waals surface area contributed by atoms with E-state index in [4.69, 9.17) is 0 Å². The molecule has 5 nitrogen and oxygen atoms in total. The molecule has 0 spiro atoms. The van der Waals surface area contributed by atoms with E-state index < -0.39 is 0 Å². The molecule has 0 aliphatic carbocycles. The van der Waals surface area contributed by atoms with Crippen molar-refractivity contribution in [1.29, 1.82) is 0 Å². The number of benzene rings is 1. The Kier molecular flexibility index (Phi) is 7.13. The summed E-state index contributed by atoms with van der Waals surface area (Å²) >= 11 is 3.45. The van der Waals surface area contributed by atoms with Crippen molar-refractivity contribution in [3.8, 4) is 0 Å². The minimum absolute atomic E-state index is 0.121. The first-order valence-electron chi connectivity index (χ1n) is 12.0. The second-order valence-corrected chi connectivity index (χ2v) is 11.2. The number of carbonyl (C=O) groups is 2. The zero-order valence-corrected chi connectivity index (χ0v) is 21.2. The summed E-state index contributed by atoms with van der Waals surface area (Å²) in [5.74, 6) is 0.335. The average Bonchev–Trinajstić information content (AvgIpc) is 3.46. The van der Waals surface area contributed by atoms with Gasteiger partial charge in [-0.25, -0.2) is 0 Å². The van der Waals surface area contributed by atoms with Crippen molar-refractivity contribution in [2.24, 2.45) is 0 Å². The molecule has 1 unspecified atom stereocenters. The highest BCUT2D eigenvalue weighted by Crippen LogP contribution is 2.38. The lowest BCUT2D eigenvalue weighted by molar-refractivity contribution is -0.134. The number of amides is 2. The van der Waals surface area contributed by atoms with E-state index in [-0.39, 0.29) is 17.9 Å². The topological polar surface area (TPSA) is 43.9 Å². The Morgan fingerprint density at radius 1 is 0.853 bits per heavy atom. The van der Waals surface area contributed by atoms with Gasteiger partial charge in [-0.1, -0.05) is 30.3 Å². The summed E-state index contributed by atoms with van der Waals surface area (Å²) in [6.45, 7) is 6.13. The smallest absolute Gasteiger partial charge is 0.236 e. The first kappa shape index (κ1) is 23.3. The molecule has 0 saturated carbocycles. The maximum Gasteiger partial charge on any atom is 0.236 e. The number of aryl methyl sites for hydroxylation is 1. The molecule has 5 rings (SSSR count). The lowest BCUT2D eigenvalue weighted by Crippen LogP contribution is -2.45. The number of rotatable bonds is 5. The third-order valence-corrected chi connectivity index (χ3v) is 8.87. The van der Waals surface area contributed by atoms with Crippen LogP contribution in [0.2, 0.25) is 0 Å². The molecule has 2 aliphatic heterocycles. The lowest BCUT2D eigenvalue weighted by atomic mass is 9.90. The van der Waals surface area contributed by atoms with Crippen LogP contribution in [0.15, 0.2) is 53.2 Å². The Balaban J connectivity index is 1.26. The molecule has 4 heterocycles. The maximum absolute atomic E-state index is 13.4. The zero-order chi connectivity index (χ0) is 23.5. The minimum atomic E-state index is 0.121. The Morgan fingerprint density at radius 2 is 1.65 bits per heavy atom. The molecule has 0 N–H and O–H groups in total. The Bertz CT molecular complexity index is 1140. The molecule has 2 aliphatic rings. The van der Waals surface area contributed by atoms with E-state index in [1.807, 2.05) is 38.6 Å². The molecule has 1 saturated heterocycles. The summed E-state index contributed by atoms with van der Waals surface area (Å²) in [5, 5.41) is 4.19. The van der Waals surface area contributed by atoms with Gasteiger partial charge in [0, 0.05) is 42.5 Å². The second kappa shape index (κ2) is 10.4. The fraction of sp³-hybridized carbons (Fsp3) is 0.407. The van der Waals surface area contributed by atoms with Crippen molar-refractivity contribution in [1.82, 2.24) is 14.7 Å². The van der Waals surface area contributed by atoms with Gasteiger partial charge in [0.2, 0.25) is 11.8 Å². The number of hydrogen-bond donors (Lipinski definition) is 0. The van der Waals surface area contributed by atoms with Crippen molar-refractivity contribution >= 4 is 34.5 Å². The molecule has 1 atom stereocenters. The Hall–Kier alpha value is -2.48. The molecular formula is C27H31N3O2S2. The number of thiophene rings is 2. The number of carbonyl (C=O) groups excluding carboxylic acids is 2. The van der Waals surface area contributed by atoms with Crippen LogP contribution in [0.5, 0.6) is 0 Å². The van der Waals surface area contributed by atoms with Gasteiger partial charge in [0.1, 0.15) is 0 Å². The highest BCUT2D eigenvalue weighted by molar-refractivity contribution is 7.10. The summed E-state index contributed by atoms with van der Waals surface area (Å²) < 4.78 is 0. The van der Waals surface area contributed by atoms with Gasteiger partial charge in [-0.3, -0.25) is 14.5 Å². The molecule has 0 bridgehead atoms. The molecular weight excluding hydrogens is 462 g/mol. The van der Waals surface area contributed by atoms with E-state index >= 15 is 0 Å². The van der Waals surface area contributed by atoms with Gasteiger partial charge < -0.3 is 9.80 Å². The standard InChI is InChI=1S/C27H31N3O2S2/c1-20-6-2-3-8-22(20)27-23-10-17-34-24(23)9-13-30(27)19-26(32)29-12-5-11-28(14-15-29)25(31)18-21-7-4-16-33-21/h2-4,6-8,10,16-17,27H,5,9,11-15,18-19H2,1H3.